The van der Waals surface area contributed by atoms with Crippen molar-refractivity contribution in [1.29, 1.82) is 0 Å². The Morgan fingerprint density at radius 3 is 2.47 bits per heavy atom. The minimum Gasteiger partial charge on any atom is -0.368 e. The number of nitrogens with one attached hydrogen (secondary N) is 1. The number of carbonyl (C=O) groups is 1. The predicted molar refractivity (Wildman–Crippen MR) is 127 cm³/mol. The molecule has 0 bridgehead atoms. The van der Waals surface area contributed by atoms with Gasteiger partial charge in [0.1, 0.15) is 11.9 Å². The van der Waals surface area contributed by atoms with E-state index in [9.17, 15) is 13.2 Å². The maximum absolute atomic E-state index is 15.7. The highest BCUT2D eigenvalue weighted by molar-refractivity contribution is 7.87. The van der Waals surface area contributed by atoms with Gasteiger partial charge in [0, 0.05) is 38.0 Å². The van der Waals surface area contributed by atoms with Gasteiger partial charge in [-0.2, -0.15) is 17.4 Å². The molecular formula is C25H30FN3O4S. The fraction of sp³-hybridized carbons (Fsp3) is 0.480. The van der Waals surface area contributed by atoms with Crippen LogP contribution >= 0.6 is 0 Å². The van der Waals surface area contributed by atoms with Gasteiger partial charge < -0.3 is 9.64 Å². The molecule has 3 aliphatic rings. The van der Waals surface area contributed by atoms with Gasteiger partial charge >= 0.3 is 0 Å². The summed E-state index contributed by atoms with van der Waals surface area (Å²) in [4.78, 5) is 15.0. The van der Waals surface area contributed by atoms with Crippen molar-refractivity contribution in [3.05, 3.63) is 59.9 Å². The molecule has 1 amide bonds. The van der Waals surface area contributed by atoms with Crippen LogP contribution < -0.4 is 4.72 Å². The molecule has 7 nitrogen and oxygen atoms in total. The normalized spacial score (nSPS) is 25.5. The molecule has 2 aromatic carbocycles. The topological polar surface area (TPSA) is 79.0 Å². The molecule has 0 unspecified atom stereocenters. The first-order valence-electron chi connectivity index (χ1n) is 11.7. The molecule has 2 heterocycles. The van der Waals surface area contributed by atoms with Gasteiger partial charge in [0.15, 0.2) is 0 Å². The Hall–Kier alpha value is -2.33. The van der Waals surface area contributed by atoms with Crippen LogP contribution in [0.4, 0.5) is 4.39 Å². The lowest BCUT2D eigenvalue weighted by Gasteiger charge is -2.34. The van der Waals surface area contributed by atoms with Gasteiger partial charge in [-0.15, -0.1) is 0 Å². The average molecular weight is 488 g/mol. The summed E-state index contributed by atoms with van der Waals surface area (Å²) in [5.41, 5.74) is 1.40. The van der Waals surface area contributed by atoms with E-state index in [0.29, 0.717) is 30.7 Å². The molecule has 5 rings (SSSR count). The summed E-state index contributed by atoms with van der Waals surface area (Å²) >= 11 is 0. The van der Waals surface area contributed by atoms with Crippen molar-refractivity contribution in [3.8, 4) is 11.1 Å². The third-order valence-corrected chi connectivity index (χ3v) is 8.94. The second-order valence-electron chi connectivity index (χ2n) is 9.78. The minimum absolute atomic E-state index is 0.131. The number of amides is 1. The first kappa shape index (κ1) is 23.4. The van der Waals surface area contributed by atoms with Gasteiger partial charge in [-0.1, -0.05) is 48.5 Å². The maximum atomic E-state index is 15.7. The zero-order chi connectivity index (χ0) is 24.1. The predicted octanol–water partition coefficient (Wildman–Crippen LogP) is 2.58. The Morgan fingerprint density at radius 1 is 1.18 bits per heavy atom. The Labute approximate surface area is 200 Å². The number of ether oxygens (including phenoxy) is 1. The SMILES string of the molecule is CN(C)S(=O)(=O)N[C@@H]1[C@H](Cc2cccc(-c3ccccc3)c2F)N(C(=O)[C@H]2CCO2)CC12CC2. The molecular weight excluding hydrogens is 457 g/mol. The van der Waals surface area contributed by atoms with E-state index in [1.54, 1.807) is 17.0 Å². The average Bonchev–Trinajstić information content (AvgIpc) is 3.49. The van der Waals surface area contributed by atoms with E-state index in [1.807, 2.05) is 36.4 Å². The zero-order valence-electron chi connectivity index (χ0n) is 19.4. The van der Waals surface area contributed by atoms with Crippen LogP contribution in [-0.4, -0.2) is 69.0 Å². The molecule has 1 saturated carbocycles. The number of nitrogens with zero attached hydrogens (tertiary/aromatic N) is 2. The van der Waals surface area contributed by atoms with E-state index in [-0.39, 0.29) is 23.6 Å². The van der Waals surface area contributed by atoms with Crippen molar-refractivity contribution in [2.75, 3.05) is 27.2 Å². The Kier molecular flexibility index (Phi) is 6.00. The van der Waals surface area contributed by atoms with Gasteiger partial charge in [-0.3, -0.25) is 4.79 Å². The van der Waals surface area contributed by atoms with E-state index in [1.165, 1.54) is 14.1 Å². The van der Waals surface area contributed by atoms with Crippen LogP contribution in [-0.2, 0) is 26.2 Å². The van der Waals surface area contributed by atoms with Crippen LogP contribution in [0, 0.1) is 11.2 Å². The quantitative estimate of drug-likeness (QED) is 0.651. The molecule has 182 valence electrons. The highest BCUT2D eigenvalue weighted by Crippen LogP contribution is 2.56. The van der Waals surface area contributed by atoms with Crippen molar-refractivity contribution in [2.24, 2.45) is 5.41 Å². The molecule has 1 N–H and O–H groups in total. The molecule has 1 spiro atoms. The molecule has 3 fully saturated rings. The van der Waals surface area contributed by atoms with Crippen LogP contribution in [0.1, 0.15) is 24.8 Å². The van der Waals surface area contributed by atoms with Crippen molar-refractivity contribution < 1.29 is 22.3 Å². The molecule has 2 aromatic rings. The van der Waals surface area contributed by atoms with Gasteiger partial charge in [0.05, 0.1) is 18.7 Å². The molecule has 9 heteroatoms. The lowest BCUT2D eigenvalue weighted by molar-refractivity contribution is -0.157. The number of likely N-dealkylation sites (tertiary alicyclic amines) is 1. The molecule has 34 heavy (non-hydrogen) atoms. The number of carbonyl (C=O) groups excluding carboxylic acids is 1. The number of benzene rings is 2. The van der Waals surface area contributed by atoms with Crippen molar-refractivity contribution >= 4 is 16.1 Å². The largest absolute Gasteiger partial charge is 0.368 e. The van der Waals surface area contributed by atoms with Crippen LogP contribution in [0.5, 0.6) is 0 Å². The first-order valence-corrected chi connectivity index (χ1v) is 13.1. The minimum atomic E-state index is -3.74. The summed E-state index contributed by atoms with van der Waals surface area (Å²) in [6, 6.07) is 13.6. The number of hydrogen-bond acceptors (Lipinski definition) is 4. The second kappa shape index (κ2) is 8.71. The lowest BCUT2D eigenvalue weighted by Crippen LogP contribution is -2.54. The summed E-state index contributed by atoms with van der Waals surface area (Å²) in [6.45, 7) is 1.00. The number of rotatable bonds is 7. The van der Waals surface area contributed by atoms with Crippen LogP contribution in [0.2, 0.25) is 0 Å². The molecule has 1 aliphatic carbocycles. The van der Waals surface area contributed by atoms with Crippen molar-refractivity contribution in [2.45, 2.75) is 43.9 Å². The highest BCUT2D eigenvalue weighted by atomic mass is 32.2. The zero-order valence-corrected chi connectivity index (χ0v) is 20.2. The Bertz CT molecular complexity index is 1180. The number of halogens is 1. The highest BCUT2D eigenvalue weighted by Gasteiger charge is 2.62. The van der Waals surface area contributed by atoms with Crippen LogP contribution in [0.25, 0.3) is 11.1 Å². The summed E-state index contributed by atoms with van der Waals surface area (Å²) < 4.78 is 50.7. The molecule has 2 saturated heterocycles. The van der Waals surface area contributed by atoms with E-state index in [2.05, 4.69) is 4.72 Å². The summed E-state index contributed by atoms with van der Waals surface area (Å²) in [5, 5.41) is 0. The standard InChI is InChI=1S/C25H30FN3O4S/c1-28(2)34(31,32)27-23-20(29(16-25(23)12-13-25)24(30)21-11-14-33-21)15-18-9-6-10-19(22(18)26)17-7-4-3-5-8-17/h3-10,20-21,23,27H,11-16H2,1-2H3/t20-,21+,23+/m0/s1. The van der Waals surface area contributed by atoms with E-state index in [0.717, 1.165) is 22.7 Å². The monoisotopic (exact) mass is 487 g/mol. The Balaban J connectivity index is 1.51. The van der Waals surface area contributed by atoms with E-state index >= 15 is 4.39 Å². The van der Waals surface area contributed by atoms with Crippen LogP contribution in [0.3, 0.4) is 0 Å². The molecule has 0 aromatic heterocycles. The van der Waals surface area contributed by atoms with Crippen molar-refractivity contribution in [3.63, 3.8) is 0 Å². The van der Waals surface area contributed by atoms with E-state index in [4.69, 9.17) is 4.74 Å². The maximum Gasteiger partial charge on any atom is 0.279 e. The Morgan fingerprint density at radius 2 is 1.88 bits per heavy atom. The summed E-state index contributed by atoms with van der Waals surface area (Å²) in [7, 11) is -0.795. The first-order chi connectivity index (χ1) is 16.2. The van der Waals surface area contributed by atoms with Gasteiger partial charge in [-0.05, 0) is 30.4 Å². The van der Waals surface area contributed by atoms with Gasteiger partial charge in [0.2, 0.25) is 0 Å². The summed E-state index contributed by atoms with van der Waals surface area (Å²) in [5.74, 6) is -0.472. The van der Waals surface area contributed by atoms with Crippen LogP contribution in [0.15, 0.2) is 48.5 Å². The fourth-order valence-corrected chi connectivity index (χ4v) is 6.07. The molecule has 2 aliphatic heterocycles. The van der Waals surface area contributed by atoms with Gasteiger partial charge in [-0.25, -0.2) is 4.39 Å². The fourth-order valence-electron chi connectivity index (χ4n) is 5.13. The second-order valence-corrected chi connectivity index (χ2v) is 11.7. The summed E-state index contributed by atoms with van der Waals surface area (Å²) in [6.07, 6.45) is 2.02. The molecule has 0 radical (unpaired) electrons. The molecule has 3 atom stereocenters. The smallest absolute Gasteiger partial charge is 0.279 e. The van der Waals surface area contributed by atoms with Gasteiger partial charge in [0.25, 0.3) is 16.1 Å². The third-order valence-electron chi connectivity index (χ3n) is 7.43. The van der Waals surface area contributed by atoms with E-state index < -0.39 is 28.4 Å². The number of hydrogen-bond donors (Lipinski definition) is 1. The van der Waals surface area contributed by atoms with Crippen molar-refractivity contribution in [1.82, 2.24) is 13.9 Å². The lowest BCUT2D eigenvalue weighted by atomic mass is 9.91. The third kappa shape index (κ3) is 4.15.